The van der Waals surface area contributed by atoms with Crippen molar-refractivity contribution in [2.45, 2.75) is 123 Å². The quantitative estimate of drug-likeness (QED) is 0.0408. The Morgan fingerprint density at radius 1 is 0.711 bits per heavy atom. The number of unbranched alkanes of at least 4 members (excludes halogenated alkanes) is 13. The van der Waals surface area contributed by atoms with Crippen LogP contribution in [0.3, 0.4) is 0 Å². The van der Waals surface area contributed by atoms with Gasteiger partial charge >= 0.3 is 0 Å². The average molecular weight is 564 g/mol. The van der Waals surface area contributed by atoms with Gasteiger partial charge in [0.1, 0.15) is 19.3 Å². The first kappa shape index (κ1) is 37.7. The first-order valence-electron chi connectivity index (χ1n) is 15.4. The summed E-state index contributed by atoms with van der Waals surface area (Å²) in [7, 11) is 1.57. The summed E-state index contributed by atoms with van der Waals surface area (Å²) in [6, 6.07) is 0. The minimum atomic E-state index is -4.37. The molecule has 0 amide bonds. The lowest BCUT2D eigenvalue weighted by atomic mass is 10.0. The topological polar surface area (TPSA) is 77.1 Å². The third-order valence-electron chi connectivity index (χ3n) is 6.42. The van der Waals surface area contributed by atoms with Crippen LogP contribution in [0.2, 0.25) is 0 Å². The van der Waals surface area contributed by atoms with Crippen LogP contribution in [0.15, 0.2) is 12.2 Å². The SMILES string of the molecule is CCC=CCCO[C@H](COCCCCCCCCCCCCCCCC)COP(=O)([O-])OCC[N+](C)(C)C. The van der Waals surface area contributed by atoms with Crippen LogP contribution in [0.25, 0.3) is 0 Å². The molecule has 2 atom stereocenters. The van der Waals surface area contributed by atoms with E-state index in [0.717, 1.165) is 25.7 Å². The molecule has 0 saturated carbocycles. The standard InChI is InChI=1S/C30H62NO6P/c1-6-8-10-12-13-14-15-16-17-18-19-20-21-22-25-34-28-30(35-26-23-11-9-7-2)29-37-38(32,33)36-27-24-31(3,4)5/h9,11,30H,6-8,10,12-29H2,1-5H3/t30-/m1/s1. The fourth-order valence-corrected chi connectivity index (χ4v) is 4.71. The number of allylic oxidation sites excluding steroid dienone is 1. The van der Waals surface area contributed by atoms with Gasteiger partial charge in [-0.15, -0.1) is 0 Å². The molecule has 0 heterocycles. The van der Waals surface area contributed by atoms with E-state index in [2.05, 4.69) is 26.0 Å². The summed E-state index contributed by atoms with van der Waals surface area (Å²) < 4.78 is 34.5. The summed E-state index contributed by atoms with van der Waals surface area (Å²) in [5, 5.41) is 0. The lowest BCUT2D eigenvalue weighted by Gasteiger charge is -2.28. The summed E-state index contributed by atoms with van der Waals surface area (Å²) in [6.45, 7) is 6.39. The third kappa shape index (κ3) is 28.7. The van der Waals surface area contributed by atoms with E-state index >= 15 is 0 Å². The third-order valence-corrected chi connectivity index (χ3v) is 7.38. The average Bonchev–Trinajstić information content (AvgIpc) is 2.85. The van der Waals surface area contributed by atoms with Gasteiger partial charge in [-0.3, -0.25) is 4.57 Å². The zero-order chi connectivity index (χ0) is 28.4. The number of rotatable bonds is 29. The van der Waals surface area contributed by atoms with Crippen LogP contribution in [0.5, 0.6) is 0 Å². The Kier molecular flexibility index (Phi) is 25.5. The Hall–Kier alpha value is -0.270. The second kappa shape index (κ2) is 25.7. The van der Waals surface area contributed by atoms with E-state index < -0.39 is 13.9 Å². The number of hydrogen-bond donors (Lipinski definition) is 0. The molecule has 0 aliphatic carbocycles. The smallest absolute Gasteiger partial charge is 0.268 e. The van der Waals surface area contributed by atoms with E-state index in [4.69, 9.17) is 18.5 Å². The number of hydrogen-bond acceptors (Lipinski definition) is 6. The fourth-order valence-electron chi connectivity index (χ4n) is 3.98. The second-order valence-electron chi connectivity index (χ2n) is 11.4. The number of likely N-dealkylation sites (N-methyl/N-ethyl adjacent to an activating group) is 1. The molecule has 0 fully saturated rings. The van der Waals surface area contributed by atoms with Gasteiger partial charge in [-0.1, -0.05) is 109 Å². The number of nitrogens with zero attached hydrogens (tertiary/aromatic N) is 1. The molecule has 0 radical (unpaired) electrons. The van der Waals surface area contributed by atoms with Crippen molar-refractivity contribution < 1.29 is 32.5 Å². The van der Waals surface area contributed by atoms with Gasteiger partial charge < -0.3 is 27.9 Å². The van der Waals surface area contributed by atoms with Gasteiger partial charge in [0, 0.05) is 6.61 Å². The van der Waals surface area contributed by atoms with Crippen LogP contribution in [0.4, 0.5) is 0 Å². The van der Waals surface area contributed by atoms with Crippen LogP contribution >= 0.6 is 7.82 Å². The van der Waals surface area contributed by atoms with Crippen molar-refractivity contribution in [1.29, 1.82) is 0 Å². The Morgan fingerprint density at radius 2 is 1.26 bits per heavy atom. The van der Waals surface area contributed by atoms with Crippen molar-refractivity contribution >= 4 is 7.82 Å². The maximum Gasteiger partial charge on any atom is 0.268 e. The molecule has 8 heteroatoms. The van der Waals surface area contributed by atoms with E-state index in [1.54, 1.807) is 0 Å². The number of phosphoric acid groups is 1. The van der Waals surface area contributed by atoms with Crippen molar-refractivity contribution in [3.05, 3.63) is 12.2 Å². The highest BCUT2D eigenvalue weighted by atomic mass is 31.2. The normalized spacial score (nSPS) is 14.8. The van der Waals surface area contributed by atoms with Gasteiger partial charge in [0.15, 0.2) is 0 Å². The minimum absolute atomic E-state index is 0.0905. The van der Waals surface area contributed by atoms with Crippen LogP contribution in [0.1, 0.15) is 117 Å². The molecule has 0 rings (SSSR count). The first-order chi connectivity index (χ1) is 18.2. The van der Waals surface area contributed by atoms with Crippen molar-refractivity contribution in [1.82, 2.24) is 0 Å². The van der Waals surface area contributed by atoms with Crippen LogP contribution in [-0.4, -0.2) is 71.3 Å². The van der Waals surface area contributed by atoms with Crippen LogP contribution in [0, 0.1) is 0 Å². The van der Waals surface area contributed by atoms with E-state index in [-0.39, 0.29) is 13.2 Å². The minimum Gasteiger partial charge on any atom is -0.756 e. The lowest BCUT2D eigenvalue weighted by Crippen LogP contribution is -2.37. The Labute approximate surface area is 235 Å². The van der Waals surface area contributed by atoms with Gasteiger partial charge in [0.25, 0.3) is 7.82 Å². The van der Waals surface area contributed by atoms with E-state index in [9.17, 15) is 9.46 Å². The summed E-state index contributed by atoms with van der Waals surface area (Å²) in [5.41, 5.74) is 0. The van der Waals surface area contributed by atoms with Crippen molar-refractivity contribution in [3.63, 3.8) is 0 Å². The van der Waals surface area contributed by atoms with Gasteiger partial charge in [0.2, 0.25) is 0 Å². The summed E-state index contributed by atoms with van der Waals surface area (Å²) in [6.07, 6.45) is 24.0. The van der Waals surface area contributed by atoms with Crippen molar-refractivity contribution in [2.75, 3.05) is 60.7 Å². The van der Waals surface area contributed by atoms with Gasteiger partial charge in [-0.25, -0.2) is 0 Å². The maximum atomic E-state index is 12.1. The highest BCUT2D eigenvalue weighted by Crippen LogP contribution is 2.38. The van der Waals surface area contributed by atoms with Crippen LogP contribution < -0.4 is 4.89 Å². The maximum absolute atomic E-state index is 12.1. The molecule has 0 aliphatic rings. The zero-order valence-electron chi connectivity index (χ0n) is 25.6. The highest BCUT2D eigenvalue weighted by Gasteiger charge is 2.17. The second-order valence-corrected chi connectivity index (χ2v) is 12.8. The molecule has 228 valence electrons. The molecular weight excluding hydrogens is 501 g/mol. The summed E-state index contributed by atoms with van der Waals surface area (Å²) >= 11 is 0. The first-order valence-corrected chi connectivity index (χ1v) is 16.9. The van der Waals surface area contributed by atoms with Crippen LogP contribution in [-0.2, 0) is 23.1 Å². The fraction of sp³-hybridized carbons (Fsp3) is 0.933. The predicted molar refractivity (Wildman–Crippen MR) is 157 cm³/mol. The number of quaternary nitrogens is 1. The monoisotopic (exact) mass is 563 g/mol. The number of ether oxygens (including phenoxy) is 2. The Balaban J connectivity index is 3.98. The predicted octanol–water partition coefficient (Wildman–Crippen LogP) is 7.43. The van der Waals surface area contributed by atoms with Crippen molar-refractivity contribution in [2.24, 2.45) is 0 Å². The molecule has 1 unspecified atom stereocenters. The van der Waals surface area contributed by atoms with E-state index in [1.807, 2.05) is 21.1 Å². The highest BCUT2D eigenvalue weighted by molar-refractivity contribution is 7.45. The molecule has 0 aromatic carbocycles. The summed E-state index contributed by atoms with van der Waals surface area (Å²) in [5.74, 6) is 0. The van der Waals surface area contributed by atoms with E-state index in [0.29, 0.717) is 30.8 Å². The Morgan fingerprint density at radius 3 is 1.79 bits per heavy atom. The summed E-state index contributed by atoms with van der Waals surface area (Å²) in [4.78, 5) is 12.1. The molecule has 38 heavy (non-hydrogen) atoms. The molecule has 0 aromatic heterocycles. The molecule has 0 bridgehead atoms. The zero-order valence-corrected chi connectivity index (χ0v) is 26.5. The lowest BCUT2D eigenvalue weighted by molar-refractivity contribution is -0.870. The largest absolute Gasteiger partial charge is 0.756 e. The molecule has 7 nitrogen and oxygen atoms in total. The number of phosphoric ester groups is 1. The molecule has 0 spiro atoms. The van der Waals surface area contributed by atoms with Gasteiger partial charge in [0.05, 0.1) is 41.0 Å². The molecule has 0 N–H and O–H groups in total. The molecular formula is C30H62NO6P. The van der Waals surface area contributed by atoms with Gasteiger partial charge in [-0.2, -0.15) is 0 Å². The Bertz CT molecular complexity index is 582. The molecule has 0 aliphatic heterocycles. The molecule has 0 aromatic rings. The van der Waals surface area contributed by atoms with Crippen molar-refractivity contribution in [3.8, 4) is 0 Å². The van der Waals surface area contributed by atoms with Gasteiger partial charge in [-0.05, 0) is 19.3 Å². The molecule has 0 saturated heterocycles. The van der Waals surface area contributed by atoms with E-state index in [1.165, 1.54) is 77.0 Å².